The molecule has 0 unspecified atom stereocenters. The van der Waals surface area contributed by atoms with Crippen LogP contribution < -0.4 is 0 Å². The number of hydrogen-bond acceptors (Lipinski definition) is 5. The first-order valence-corrected chi connectivity index (χ1v) is 8.02. The highest BCUT2D eigenvalue weighted by molar-refractivity contribution is 7.89. The summed E-state index contributed by atoms with van der Waals surface area (Å²) >= 11 is 0. The maximum atomic E-state index is 12.5. The second-order valence-corrected chi connectivity index (χ2v) is 6.68. The summed E-state index contributed by atoms with van der Waals surface area (Å²) in [6, 6.07) is 6.34. The molecule has 0 bridgehead atoms. The fraction of sp³-hybridized carbons (Fsp3) is 0.333. The Bertz CT molecular complexity index is 662. The molecule has 120 valence electrons. The molecule has 0 N–H and O–H groups in total. The van der Waals surface area contributed by atoms with Gasteiger partial charge >= 0.3 is 5.97 Å². The van der Waals surface area contributed by atoms with E-state index in [2.05, 4.69) is 4.74 Å². The Morgan fingerprint density at radius 1 is 1.23 bits per heavy atom. The van der Waals surface area contributed by atoms with Crippen LogP contribution in [0.3, 0.4) is 0 Å². The average Bonchev–Trinajstić information content (AvgIpc) is 2.46. The first-order valence-electron chi connectivity index (χ1n) is 6.58. The van der Waals surface area contributed by atoms with Crippen molar-refractivity contribution in [3.63, 3.8) is 0 Å². The van der Waals surface area contributed by atoms with Crippen LogP contribution in [0.1, 0.15) is 12.5 Å². The quantitative estimate of drug-likeness (QED) is 0.557. The van der Waals surface area contributed by atoms with E-state index in [0.29, 0.717) is 0 Å². The highest BCUT2D eigenvalue weighted by Crippen LogP contribution is 2.16. The summed E-state index contributed by atoms with van der Waals surface area (Å²) in [4.78, 5) is 22.4. The SMILES string of the molecule is COC(=O)/C=C\CN(CC(C)=O)S(=O)(=O)c1ccc(C)cc1. The number of sulfonamides is 1. The number of hydrogen-bond donors (Lipinski definition) is 0. The zero-order chi connectivity index (χ0) is 16.8. The van der Waals surface area contributed by atoms with Crippen molar-refractivity contribution in [2.24, 2.45) is 0 Å². The summed E-state index contributed by atoms with van der Waals surface area (Å²) < 4.78 is 30.5. The maximum absolute atomic E-state index is 12.5. The molecule has 1 aromatic carbocycles. The van der Waals surface area contributed by atoms with Gasteiger partial charge in [0.05, 0.1) is 18.6 Å². The molecular weight excluding hydrogens is 306 g/mol. The Balaban J connectivity index is 3.04. The lowest BCUT2D eigenvalue weighted by Gasteiger charge is -2.19. The Morgan fingerprint density at radius 2 is 1.82 bits per heavy atom. The number of nitrogens with zero attached hydrogens (tertiary/aromatic N) is 1. The molecular formula is C15H19NO5S. The number of carbonyl (C=O) groups is 2. The number of esters is 1. The zero-order valence-electron chi connectivity index (χ0n) is 12.8. The molecule has 22 heavy (non-hydrogen) atoms. The maximum Gasteiger partial charge on any atom is 0.330 e. The van der Waals surface area contributed by atoms with Crippen molar-refractivity contribution in [2.45, 2.75) is 18.7 Å². The van der Waals surface area contributed by atoms with Gasteiger partial charge in [-0.2, -0.15) is 4.31 Å². The molecule has 0 radical (unpaired) electrons. The van der Waals surface area contributed by atoms with E-state index >= 15 is 0 Å². The standard InChI is InChI=1S/C15H19NO5S/c1-12-6-8-14(9-7-12)22(19,20)16(11-13(2)17)10-4-5-15(18)21-3/h4-9H,10-11H2,1-3H3/b5-4-. The Labute approximate surface area is 130 Å². The second-order valence-electron chi connectivity index (χ2n) is 4.74. The minimum Gasteiger partial charge on any atom is -0.466 e. The van der Waals surface area contributed by atoms with Gasteiger partial charge < -0.3 is 4.74 Å². The summed E-state index contributed by atoms with van der Waals surface area (Å²) in [7, 11) is -2.58. The van der Waals surface area contributed by atoms with Gasteiger partial charge in [0.15, 0.2) is 0 Å². The van der Waals surface area contributed by atoms with Crippen molar-refractivity contribution in [1.29, 1.82) is 0 Å². The first-order chi connectivity index (χ1) is 10.3. The first kappa shape index (κ1) is 18.1. The van der Waals surface area contributed by atoms with Crippen molar-refractivity contribution in [3.8, 4) is 0 Å². The van der Waals surface area contributed by atoms with Crippen LogP contribution in [0.15, 0.2) is 41.3 Å². The summed E-state index contributed by atoms with van der Waals surface area (Å²) in [5, 5.41) is 0. The van der Waals surface area contributed by atoms with Crippen LogP contribution in [-0.2, 0) is 24.3 Å². The average molecular weight is 325 g/mol. The molecule has 0 atom stereocenters. The van der Waals surface area contributed by atoms with Crippen molar-refractivity contribution < 1.29 is 22.7 Å². The lowest BCUT2D eigenvalue weighted by Crippen LogP contribution is -2.35. The molecule has 0 heterocycles. The van der Waals surface area contributed by atoms with Gasteiger partial charge in [0.1, 0.15) is 5.78 Å². The molecule has 0 aliphatic carbocycles. The van der Waals surface area contributed by atoms with Crippen LogP contribution in [-0.4, -0.2) is 44.7 Å². The van der Waals surface area contributed by atoms with Gasteiger partial charge in [0.2, 0.25) is 10.0 Å². The molecule has 0 aromatic heterocycles. The molecule has 1 rings (SSSR count). The minimum absolute atomic E-state index is 0.0924. The molecule has 0 amide bonds. The number of ketones is 1. The van der Waals surface area contributed by atoms with E-state index in [1.54, 1.807) is 12.1 Å². The third-order valence-electron chi connectivity index (χ3n) is 2.82. The van der Waals surface area contributed by atoms with Gasteiger partial charge in [0.25, 0.3) is 0 Å². The summed E-state index contributed by atoms with van der Waals surface area (Å²) in [6.07, 6.45) is 2.47. The van der Waals surface area contributed by atoms with Gasteiger partial charge in [-0.15, -0.1) is 0 Å². The van der Waals surface area contributed by atoms with E-state index < -0.39 is 16.0 Å². The van der Waals surface area contributed by atoms with Gasteiger partial charge in [0, 0.05) is 12.6 Å². The molecule has 0 saturated carbocycles. The van der Waals surface area contributed by atoms with E-state index in [9.17, 15) is 18.0 Å². The Kier molecular flexibility index (Phi) is 6.45. The lowest BCUT2D eigenvalue weighted by atomic mass is 10.2. The summed E-state index contributed by atoms with van der Waals surface area (Å²) in [6.45, 7) is 2.80. The van der Waals surface area contributed by atoms with Crippen LogP contribution in [0.4, 0.5) is 0 Å². The molecule has 1 aromatic rings. The normalized spacial score (nSPS) is 11.8. The van der Waals surface area contributed by atoms with Crippen LogP contribution in [0, 0.1) is 6.92 Å². The minimum atomic E-state index is -3.81. The van der Waals surface area contributed by atoms with E-state index in [-0.39, 0.29) is 23.8 Å². The number of Topliss-reactive ketones (excluding diaryl/α,β-unsaturated/α-hetero) is 1. The van der Waals surface area contributed by atoms with Gasteiger partial charge in [-0.25, -0.2) is 13.2 Å². The second kappa shape index (κ2) is 7.86. The monoisotopic (exact) mass is 325 g/mol. The third kappa shape index (κ3) is 5.09. The topological polar surface area (TPSA) is 80.8 Å². The lowest BCUT2D eigenvalue weighted by molar-refractivity contribution is -0.134. The predicted octanol–water partition coefficient (Wildman–Crippen LogP) is 1.30. The van der Waals surface area contributed by atoms with Gasteiger partial charge in [-0.1, -0.05) is 23.8 Å². The van der Waals surface area contributed by atoms with Crippen LogP contribution in [0.2, 0.25) is 0 Å². The Hall–Kier alpha value is -1.99. The summed E-state index contributed by atoms with van der Waals surface area (Å²) in [5.74, 6) is -0.877. The predicted molar refractivity (Wildman–Crippen MR) is 81.8 cm³/mol. The number of carbonyl (C=O) groups excluding carboxylic acids is 2. The van der Waals surface area contributed by atoms with E-state index in [1.807, 2.05) is 6.92 Å². The summed E-state index contributed by atoms with van der Waals surface area (Å²) in [5.41, 5.74) is 0.933. The molecule has 7 heteroatoms. The molecule has 0 fully saturated rings. The Morgan fingerprint density at radius 3 is 2.32 bits per heavy atom. The highest BCUT2D eigenvalue weighted by Gasteiger charge is 2.24. The molecule has 0 saturated heterocycles. The highest BCUT2D eigenvalue weighted by atomic mass is 32.2. The molecule has 0 aliphatic heterocycles. The number of benzene rings is 1. The third-order valence-corrected chi connectivity index (χ3v) is 4.65. The van der Waals surface area contributed by atoms with Crippen LogP contribution in [0.25, 0.3) is 0 Å². The molecule has 0 spiro atoms. The molecule has 0 aliphatic rings. The van der Waals surface area contributed by atoms with Crippen LogP contribution >= 0.6 is 0 Å². The fourth-order valence-corrected chi connectivity index (χ4v) is 3.10. The smallest absolute Gasteiger partial charge is 0.330 e. The van der Waals surface area contributed by atoms with E-state index in [1.165, 1.54) is 32.2 Å². The number of aryl methyl sites for hydroxylation is 1. The molecule has 6 nitrogen and oxygen atoms in total. The van der Waals surface area contributed by atoms with Gasteiger partial charge in [-0.3, -0.25) is 4.79 Å². The largest absolute Gasteiger partial charge is 0.466 e. The van der Waals surface area contributed by atoms with E-state index in [4.69, 9.17) is 0 Å². The number of rotatable bonds is 7. The fourth-order valence-electron chi connectivity index (χ4n) is 1.69. The number of ether oxygens (including phenoxy) is 1. The van der Waals surface area contributed by atoms with Crippen molar-refractivity contribution >= 4 is 21.8 Å². The van der Waals surface area contributed by atoms with Crippen LogP contribution in [0.5, 0.6) is 0 Å². The van der Waals surface area contributed by atoms with Gasteiger partial charge in [-0.05, 0) is 26.0 Å². The van der Waals surface area contributed by atoms with Crippen molar-refractivity contribution in [3.05, 3.63) is 42.0 Å². The zero-order valence-corrected chi connectivity index (χ0v) is 13.6. The number of methoxy groups -OCH3 is 1. The van der Waals surface area contributed by atoms with Crippen molar-refractivity contribution in [2.75, 3.05) is 20.2 Å². The van der Waals surface area contributed by atoms with E-state index in [0.717, 1.165) is 15.9 Å². The van der Waals surface area contributed by atoms with Crippen molar-refractivity contribution in [1.82, 2.24) is 4.31 Å².